The molecule has 16 heteroatoms. The zero-order chi connectivity index (χ0) is 27.2. The molecule has 0 saturated carbocycles. The highest BCUT2D eigenvalue weighted by molar-refractivity contribution is 8.08. The van der Waals surface area contributed by atoms with Crippen LogP contribution in [0.4, 0.5) is 0 Å². The van der Waals surface area contributed by atoms with Crippen molar-refractivity contribution >= 4 is 37.1 Å². The van der Waals surface area contributed by atoms with Gasteiger partial charge in [-0.3, -0.25) is 0 Å². The van der Waals surface area contributed by atoms with Gasteiger partial charge in [-0.1, -0.05) is 13.8 Å². The van der Waals surface area contributed by atoms with Crippen molar-refractivity contribution in [3.8, 4) is 23.5 Å². The lowest BCUT2D eigenvalue weighted by Crippen LogP contribution is -2.04. The van der Waals surface area contributed by atoms with E-state index in [-0.39, 0.29) is 0 Å². The van der Waals surface area contributed by atoms with Crippen LogP contribution < -0.4 is 18.5 Å². The van der Waals surface area contributed by atoms with E-state index in [4.69, 9.17) is 60.2 Å². The predicted molar refractivity (Wildman–Crippen MR) is 143 cm³/mol. The van der Waals surface area contributed by atoms with Gasteiger partial charge in [0.2, 0.25) is 23.5 Å². The van der Waals surface area contributed by atoms with Crippen LogP contribution in [0.1, 0.15) is 39.3 Å². The first-order valence-corrected chi connectivity index (χ1v) is 16.1. The molecule has 2 heterocycles. The summed E-state index contributed by atoms with van der Waals surface area (Å²) in [6, 6.07) is 3.14. The molecule has 0 aliphatic carbocycles. The van der Waals surface area contributed by atoms with Crippen LogP contribution in [0.5, 0.6) is 23.5 Å². The second-order valence-electron chi connectivity index (χ2n) is 6.30. The molecule has 0 bridgehead atoms. The van der Waals surface area contributed by atoms with Crippen molar-refractivity contribution in [2.45, 2.75) is 40.5 Å². The third kappa shape index (κ3) is 10.9. The van der Waals surface area contributed by atoms with E-state index in [0.29, 0.717) is 61.2 Å². The van der Waals surface area contributed by atoms with E-state index in [1.807, 2.05) is 27.7 Å². The molecule has 0 radical (unpaired) electrons. The summed E-state index contributed by atoms with van der Waals surface area (Å²) in [7, 11) is 5.76. The fraction of sp³-hybridized carbons (Fsp3) is 0.600. The van der Waals surface area contributed by atoms with Crippen LogP contribution >= 0.6 is 13.4 Å². The normalized spacial score (nSPS) is 11.3. The minimum Gasteiger partial charge on any atom is -0.478 e. The zero-order valence-electron chi connectivity index (χ0n) is 21.7. The Balaban J connectivity index is 0.000000360. The van der Waals surface area contributed by atoms with Gasteiger partial charge in [-0.2, -0.15) is 19.9 Å². The summed E-state index contributed by atoms with van der Waals surface area (Å²) in [5.41, 5.74) is 0. The van der Waals surface area contributed by atoms with Crippen LogP contribution in [0, 0.1) is 0 Å². The summed E-state index contributed by atoms with van der Waals surface area (Å²) >= 11 is 10.2. The summed E-state index contributed by atoms with van der Waals surface area (Å²) < 4.78 is 41.8. The average Bonchev–Trinajstić information content (AvgIpc) is 2.88. The maximum Gasteiger partial charge on any atom is 0.381 e. The highest BCUT2D eigenvalue weighted by atomic mass is 32.5. The molecule has 0 N–H and O–H groups in total. The largest absolute Gasteiger partial charge is 0.478 e. The van der Waals surface area contributed by atoms with Gasteiger partial charge in [0.05, 0.1) is 25.3 Å². The van der Waals surface area contributed by atoms with E-state index >= 15 is 0 Å². The summed E-state index contributed by atoms with van der Waals surface area (Å²) in [5.74, 6) is 2.74. The van der Waals surface area contributed by atoms with Gasteiger partial charge in [0.15, 0.2) is 0 Å². The Morgan fingerprint density at radius 2 is 0.889 bits per heavy atom. The van der Waals surface area contributed by atoms with Crippen LogP contribution in [0.25, 0.3) is 0 Å². The van der Waals surface area contributed by atoms with Crippen LogP contribution in [0.3, 0.4) is 0 Å². The van der Waals surface area contributed by atoms with Gasteiger partial charge < -0.3 is 36.6 Å². The predicted octanol–water partition coefficient (Wildman–Crippen LogP) is 4.67. The van der Waals surface area contributed by atoms with E-state index in [1.54, 1.807) is 12.1 Å². The van der Waals surface area contributed by atoms with Gasteiger partial charge in [0.25, 0.3) is 0 Å². The minimum absolute atomic E-state index is 0.303. The van der Waals surface area contributed by atoms with Crippen molar-refractivity contribution in [2.24, 2.45) is 0 Å². The van der Waals surface area contributed by atoms with Gasteiger partial charge >= 0.3 is 13.4 Å². The first-order chi connectivity index (χ1) is 17.1. The molecule has 0 unspecified atom stereocenters. The molecule has 36 heavy (non-hydrogen) atoms. The highest BCUT2D eigenvalue weighted by Gasteiger charge is 2.21. The van der Waals surface area contributed by atoms with Crippen LogP contribution in [-0.2, 0) is 54.6 Å². The molecule has 0 atom stereocenters. The standard InChI is InChI=1S/2C10H17N2O4PS/c2*1-5-8-11-9(15-6-2)7-10(12-8)16-17(18,13-3)14-4/h2*7H,5-6H2,1-4H3. The zero-order valence-corrected chi connectivity index (χ0v) is 25.2. The number of ether oxygens (including phenoxy) is 2. The third-order valence-electron chi connectivity index (χ3n) is 3.97. The molecule has 12 nitrogen and oxygen atoms in total. The molecule has 204 valence electrons. The van der Waals surface area contributed by atoms with E-state index in [2.05, 4.69) is 19.9 Å². The minimum atomic E-state index is -2.78. The van der Waals surface area contributed by atoms with E-state index in [1.165, 1.54) is 28.4 Å². The fourth-order valence-electron chi connectivity index (χ4n) is 2.28. The lowest BCUT2D eigenvalue weighted by molar-refractivity contribution is 0.267. The Hall–Kier alpha value is -1.50. The maximum absolute atomic E-state index is 5.48. The van der Waals surface area contributed by atoms with Gasteiger partial charge in [0, 0.05) is 64.9 Å². The van der Waals surface area contributed by atoms with Crippen LogP contribution in [0.15, 0.2) is 12.1 Å². The molecular weight excluding hydrogens is 550 g/mol. The molecule has 0 aliphatic rings. The number of nitrogens with zero attached hydrogens (tertiary/aromatic N) is 4. The molecule has 2 aromatic rings. The number of aryl methyl sites for hydroxylation is 2. The van der Waals surface area contributed by atoms with E-state index < -0.39 is 13.4 Å². The Kier molecular flexibility index (Phi) is 14.8. The number of hydrogen-bond donors (Lipinski definition) is 0. The molecule has 0 aromatic carbocycles. The van der Waals surface area contributed by atoms with Crippen molar-refractivity contribution in [2.75, 3.05) is 41.7 Å². The maximum atomic E-state index is 5.48. The molecule has 0 amide bonds. The second-order valence-corrected chi connectivity index (χ2v) is 12.6. The molecule has 2 rings (SSSR count). The highest BCUT2D eigenvalue weighted by Crippen LogP contribution is 2.48. The van der Waals surface area contributed by atoms with Crippen molar-refractivity contribution in [1.82, 2.24) is 19.9 Å². The second kappa shape index (κ2) is 16.4. The van der Waals surface area contributed by atoms with Gasteiger partial charge in [-0.05, 0) is 13.8 Å². The molecule has 0 saturated heterocycles. The van der Waals surface area contributed by atoms with Crippen molar-refractivity contribution in [1.29, 1.82) is 0 Å². The monoisotopic (exact) mass is 584 g/mol. The first kappa shape index (κ1) is 32.5. The van der Waals surface area contributed by atoms with Crippen LogP contribution in [-0.4, -0.2) is 61.6 Å². The van der Waals surface area contributed by atoms with E-state index in [0.717, 1.165) is 0 Å². The number of hydrogen-bond acceptors (Lipinski definition) is 14. The molecular formula is C20H34N4O8P2S2. The van der Waals surface area contributed by atoms with Crippen molar-refractivity contribution < 1.29 is 36.6 Å². The van der Waals surface area contributed by atoms with E-state index in [9.17, 15) is 0 Å². The van der Waals surface area contributed by atoms with Gasteiger partial charge in [-0.15, -0.1) is 0 Å². The molecule has 0 spiro atoms. The summed E-state index contributed by atoms with van der Waals surface area (Å²) in [4.78, 5) is 16.8. The van der Waals surface area contributed by atoms with Crippen molar-refractivity contribution in [3.05, 3.63) is 23.8 Å². The van der Waals surface area contributed by atoms with Crippen LogP contribution in [0.2, 0.25) is 0 Å². The number of aromatic nitrogens is 4. The Bertz CT molecular complexity index is 953. The Morgan fingerprint density at radius 3 is 1.14 bits per heavy atom. The SMILES string of the molecule is CCOc1cc(OP(=S)(OC)OC)nc(CC)n1.CCOc1cc(OP(=S)(OC)OC)nc(CC)n1. The first-order valence-electron chi connectivity index (χ1n) is 11.0. The van der Waals surface area contributed by atoms with Crippen molar-refractivity contribution in [3.63, 3.8) is 0 Å². The smallest absolute Gasteiger partial charge is 0.381 e. The third-order valence-corrected chi connectivity index (χ3v) is 8.82. The fourth-order valence-corrected chi connectivity index (χ4v) is 3.98. The van der Waals surface area contributed by atoms with Gasteiger partial charge in [0.1, 0.15) is 11.6 Å². The lowest BCUT2D eigenvalue weighted by atomic mass is 10.4. The summed E-state index contributed by atoms with van der Waals surface area (Å²) in [6.45, 7) is 3.10. The topological polar surface area (TPSA) is 125 Å². The average molecular weight is 585 g/mol. The number of rotatable bonds is 14. The summed E-state index contributed by atoms with van der Waals surface area (Å²) in [6.07, 6.45) is 1.33. The molecule has 0 aliphatic heterocycles. The quantitative estimate of drug-likeness (QED) is 0.286. The Morgan fingerprint density at radius 1 is 0.583 bits per heavy atom. The molecule has 0 fully saturated rings. The summed E-state index contributed by atoms with van der Waals surface area (Å²) in [5, 5.41) is 0. The lowest BCUT2D eigenvalue weighted by Gasteiger charge is -2.18. The van der Waals surface area contributed by atoms with Gasteiger partial charge in [-0.25, -0.2) is 0 Å². The Labute approximate surface area is 222 Å². The molecule has 2 aromatic heterocycles.